The van der Waals surface area contributed by atoms with Gasteiger partial charge in [0, 0.05) is 31.7 Å². The molecule has 0 saturated carbocycles. The molecule has 16 heteroatoms. The van der Waals surface area contributed by atoms with Gasteiger partial charge in [-0.25, -0.2) is 27.7 Å². The van der Waals surface area contributed by atoms with Crippen molar-refractivity contribution in [1.29, 1.82) is 5.26 Å². The normalized spacial score (nSPS) is 21.7. The van der Waals surface area contributed by atoms with Crippen LogP contribution >= 0.6 is 0 Å². The lowest BCUT2D eigenvalue weighted by Gasteiger charge is -2.45. The molecule has 4 aromatic rings. The van der Waals surface area contributed by atoms with Crippen molar-refractivity contribution in [2.24, 2.45) is 13.0 Å². The Morgan fingerprint density at radius 3 is 2.42 bits per heavy atom. The van der Waals surface area contributed by atoms with Crippen LogP contribution in [0.1, 0.15) is 33.2 Å². The van der Waals surface area contributed by atoms with Crippen LogP contribution in [-0.2, 0) is 18.3 Å². The highest BCUT2D eigenvalue weighted by Gasteiger charge is 2.57. The van der Waals surface area contributed by atoms with Gasteiger partial charge in [0.2, 0.25) is 0 Å². The third-order valence-electron chi connectivity index (χ3n) is 9.05. The first-order valence-corrected chi connectivity index (χ1v) is 15.0. The number of rotatable bonds is 6. The maximum atomic E-state index is 15.7. The highest BCUT2D eigenvalue weighted by atomic mass is 19.3. The summed E-state index contributed by atoms with van der Waals surface area (Å²) in [5, 5.41) is 15.4. The molecule has 3 amide bonds. The van der Waals surface area contributed by atoms with Gasteiger partial charge in [-0.05, 0) is 36.4 Å². The number of piperidine rings is 1. The number of pyridine rings is 1. The Bertz CT molecular complexity index is 2110. The number of hydrogen-bond donors (Lipinski definition) is 2. The summed E-state index contributed by atoms with van der Waals surface area (Å²) in [4.78, 5) is 57.2. The number of aryl methyl sites for hydroxylation is 1. The van der Waals surface area contributed by atoms with Crippen LogP contribution in [0.5, 0.6) is 0 Å². The van der Waals surface area contributed by atoms with Gasteiger partial charge in [-0.1, -0.05) is 19.1 Å². The van der Waals surface area contributed by atoms with E-state index in [1.165, 1.54) is 45.2 Å². The van der Waals surface area contributed by atoms with Crippen LogP contribution < -0.4 is 21.2 Å². The van der Waals surface area contributed by atoms with E-state index >= 15 is 13.2 Å². The third kappa shape index (κ3) is 4.81. The molecular formula is C32H27F3N8O5. The number of carbonyl (C=O) groups is 3. The molecule has 0 spiro atoms. The number of anilines is 3. The van der Waals surface area contributed by atoms with Crippen LogP contribution in [0.25, 0.3) is 11.0 Å². The minimum absolute atomic E-state index is 0.0225. The van der Waals surface area contributed by atoms with E-state index in [2.05, 4.69) is 15.6 Å². The first kappa shape index (κ1) is 30.8. The topological polar surface area (TPSA) is 155 Å². The molecular weight excluding hydrogens is 633 g/mol. The van der Waals surface area contributed by atoms with Crippen LogP contribution in [0.3, 0.4) is 0 Å². The molecule has 5 heterocycles. The maximum absolute atomic E-state index is 15.7. The van der Waals surface area contributed by atoms with Gasteiger partial charge in [-0.2, -0.15) is 5.26 Å². The number of aromatic nitrogens is 3. The van der Waals surface area contributed by atoms with E-state index in [4.69, 9.17) is 4.74 Å². The zero-order valence-electron chi connectivity index (χ0n) is 25.5. The van der Waals surface area contributed by atoms with Gasteiger partial charge in [-0.3, -0.25) is 23.6 Å². The summed E-state index contributed by atoms with van der Waals surface area (Å²) in [6, 6.07) is 11.2. The van der Waals surface area contributed by atoms with Crippen molar-refractivity contribution >= 4 is 46.3 Å². The molecule has 0 bridgehead atoms. The number of imide groups is 1. The number of amides is 3. The molecule has 0 unspecified atom stereocenters. The zero-order valence-corrected chi connectivity index (χ0v) is 25.5. The van der Waals surface area contributed by atoms with E-state index in [0.29, 0.717) is 21.6 Å². The molecule has 2 aromatic carbocycles. The second-order valence-corrected chi connectivity index (χ2v) is 12.0. The Morgan fingerprint density at radius 1 is 1.06 bits per heavy atom. The van der Waals surface area contributed by atoms with E-state index in [0.717, 1.165) is 6.07 Å². The number of cyclic esters (lactones) is 1. The first-order valence-electron chi connectivity index (χ1n) is 15.0. The highest BCUT2D eigenvalue weighted by Crippen LogP contribution is 2.41. The van der Waals surface area contributed by atoms with Gasteiger partial charge in [0.1, 0.15) is 24.5 Å². The average Bonchev–Trinajstić information content (AvgIpc) is 3.67. The van der Waals surface area contributed by atoms with E-state index in [1.807, 2.05) is 6.07 Å². The summed E-state index contributed by atoms with van der Waals surface area (Å²) < 4.78 is 54.7. The van der Waals surface area contributed by atoms with Gasteiger partial charge >= 0.3 is 11.8 Å². The van der Waals surface area contributed by atoms with Crippen LogP contribution in [0, 0.1) is 23.1 Å². The number of alkyl halides is 2. The summed E-state index contributed by atoms with van der Waals surface area (Å²) in [6.07, 6.45) is -0.587. The second-order valence-electron chi connectivity index (χ2n) is 12.0. The van der Waals surface area contributed by atoms with Crippen molar-refractivity contribution in [3.8, 4) is 6.07 Å². The van der Waals surface area contributed by atoms with Gasteiger partial charge in [0.05, 0.1) is 40.3 Å². The third-order valence-corrected chi connectivity index (χ3v) is 9.05. The number of imidazole rings is 1. The Labute approximate surface area is 270 Å². The maximum Gasteiger partial charge on any atom is 0.407 e. The second kappa shape index (κ2) is 11.1. The van der Waals surface area contributed by atoms with Crippen molar-refractivity contribution in [2.45, 2.75) is 31.5 Å². The number of halogens is 3. The average molecular weight is 661 g/mol. The van der Waals surface area contributed by atoms with Crippen LogP contribution in [0.15, 0.2) is 53.3 Å². The molecule has 2 aromatic heterocycles. The summed E-state index contributed by atoms with van der Waals surface area (Å²) in [6.45, 7) is 0.606. The number of nitrogens with one attached hydrogen (secondary N) is 2. The van der Waals surface area contributed by atoms with E-state index in [9.17, 15) is 24.4 Å². The predicted molar refractivity (Wildman–Crippen MR) is 165 cm³/mol. The molecule has 2 saturated heterocycles. The van der Waals surface area contributed by atoms with Gasteiger partial charge in [0.15, 0.2) is 11.6 Å². The SMILES string of the molecule is C[C@H]1CN(c2nc(Nc3ccc4c(c3)n(C[C@H]3COC(=O)N3)c(=O)n4C)c(F)cc2C#N)C[C@@H](N2C(=O)c3ccccc3C2=O)C1(F)F. The fraction of sp³-hybridized carbons (Fsp3) is 0.312. The lowest BCUT2D eigenvalue weighted by Crippen LogP contribution is -2.64. The number of benzene rings is 2. The Balaban J connectivity index is 1.22. The number of ether oxygens (including phenoxy) is 1. The number of nitriles is 1. The Hall–Kier alpha value is -5.85. The van der Waals surface area contributed by atoms with E-state index in [1.54, 1.807) is 25.2 Å². The van der Waals surface area contributed by atoms with E-state index in [-0.39, 0.29) is 53.7 Å². The van der Waals surface area contributed by atoms with Gasteiger partial charge < -0.3 is 20.3 Å². The van der Waals surface area contributed by atoms with E-state index < -0.39 is 54.2 Å². The molecule has 3 aliphatic heterocycles. The smallest absolute Gasteiger partial charge is 0.407 e. The monoisotopic (exact) mass is 660 g/mol. The number of fused-ring (bicyclic) bond motifs is 2. The lowest BCUT2D eigenvalue weighted by molar-refractivity contribution is -0.111. The summed E-state index contributed by atoms with van der Waals surface area (Å²) in [7, 11) is 1.59. The number of hydrogen-bond acceptors (Lipinski definition) is 9. The fourth-order valence-corrected chi connectivity index (χ4v) is 6.54. The van der Waals surface area contributed by atoms with Gasteiger partial charge in [0.25, 0.3) is 17.7 Å². The molecule has 0 aliphatic carbocycles. The van der Waals surface area contributed by atoms with Crippen molar-refractivity contribution in [3.63, 3.8) is 0 Å². The van der Waals surface area contributed by atoms with Crippen molar-refractivity contribution in [3.05, 3.63) is 81.5 Å². The van der Waals surface area contributed by atoms with Crippen molar-refractivity contribution < 1.29 is 32.3 Å². The first-order chi connectivity index (χ1) is 22.9. The Kier molecular flexibility index (Phi) is 7.15. The molecule has 7 rings (SSSR count). The minimum atomic E-state index is -3.48. The van der Waals surface area contributed by atoms with Crippen molar-refractivity contribution in [2.75, 3.05) is 29.9 Å². The highest BCUT2D eigenvalue weighted by molar-refractivity contribution is 6.21. The van der Waals surface area contributed by atoms with Crippen LogP contribution in [0.4, 0.5) is 35.3 Å². The summed E-state index contributed by atoms with van der Waals surface area (Å²) in [5.74, 6) is -7.90. The predicted octanol–water partition coefficient (Wildman–Crippen LogP) is 3.35. The quantitative estimate of drug-likeness (QED) is 0.297. The fourth-order valence-electron chi connectivity index (χ4n) is 6.54. The van der Waals surface area contributed by atoms with Crippen LogP contribution in [0.2, 0.25) is 0 Å². The molecule has 0 radical (unpaired) electrons. The van der Waals surface area contributed by atoms with Gasteiger partial charge in [-0.15, -0.1) is 0 Å². The van der Waals surface area contributed by atoms with Crippen molar-refractivity contribution in [1.82, 2.24) is 24.3 Å². The Morgan fingerprint density at radius 2 is 1.77 bits per heavy atom. The number of nitrogens with zero attached hydrogens (tertiary/aromatic N) is 6. The molecule has 3 atom stereocenters. The largest absolute Gasteiger partial charge is 0.447 e. The minimum Gasteiger partial charge on any atom is -0.447 e. The molecule has 13 nitrogen and oxygen atoms in total. The molecule has 48 heavy (non-hydrogen) atoms. The summed E-state index contributed by atoms with van der Waals surface area (Å²) in [5.41, 5.74) is 0.814. The number of carbonyl (C=O) groups excluding carboxylic acids is 3. The molecule has 2 N–H and O–H groups in total. The molecule has 3 aliphatic rings. The standard InChI is InChI=1S/C32H27F3N8O5/c1-16-12-41(14-25(32(16,34)35)43-28(44)20-5-3-4-6-21(20)29(43)45)27-17(11-36)9-22(33)26(39-27)37-18-7-8-23-24(10-18)42(31(47)40(23)2)13-19-15-48-30(46)38-19/h3-10,16,19,25H,12-15H2,1-2H3,(H,37,39)(H,38,46)/t16-,19-,25+/m0/s1. The molecule has 246 valence electrons. The van der Waals surface area contributed by atoms with Crippen LogP contribution in [-0.4, -0.2) is 74.6 Å². The summed E-state index contributed by atoms with van der Waals surface area (Å²) >= 11 is 0. The zero-order chi connectivity index (χ0) is 34.1. The molecule has 2 fully saturated rings. The number of alkyl carbamates (subject to hydrolysis) is 1. The lowest BCUT2D eigenvalue weighted by atomic mass is 9.89.